The molecule has 1 aromatic carbocycles. The molecule has 2 aliphatic heterocycles. The molecule has 2 aliphatic rings. The fourth-order valence-electron chi connectivity index (χ4n) is 4.59. The summed E-state index contributed by atoms with van der Waals surface area (Å²) in [4.78, 5) is 4.77. The van der Waals surface area contributed by atoms with Crippen LogP contribution < -0.4 is 14.8 Å². The monoisotopic (exact) mass is 449 g/mol. The third-order valence-electron chi connectivity index (χ3n) is 6.57. The molecule has 0 aliphatic carbocycles. The number of benzene rings is 1. The van der Waals surface area contributed by atoms with Gasteiger partial charge in [0.1, 0.15) is 12.7 Å². The van der Waals surface area contributed by atoms with Crippen molar-refractivity contribution >= 4 is 0 Å². The Morgan fingerprint density at radius 2 is 1.72 bits per heavy atom. The normalized spacial score (nSPS) is 20.5. The maximum absolute atomic E-state index is 10.5. The maximum Gasteiger partial charge on any atom is 0.161 e. The summed E-state index contributed by atoms with van der Waals surface area (Å²) in [5.41, 5.74) is 1.13. The fraction of sp³-hybridized carbons (Fsp3) is 0.760. The van der Waals surface area contributed by atoms with E-state index in [-0.39, 0.29) is 12.7 Å². The van der Waals surface area contributed by atoms with Crippen LogP contribution in [0.15, 0.2) is 18.2 Å². The minimum Gasteiger partial charge on any atom is -0.493 e. The first kappa shape index (κ1) is 25.2. The van der Waals surface area contributed by atoms with Crippen molar-refractivity contribution in [3.8, 4) is 11.5 Å². The van der Waals surface area contributed by atoms with Crippen LogP contribution in [0.4, 0.5) is 0 Å². The van der Waals surface area contributed by atoms with Crippen LogP contribution in [-0.4, -0.2) is 91.8 Å². The van der Waals surface area contributed by atoms with Gasteiger partial charge in [-0.15, -0.1) is 0 Å². The van der Waals surface area contributed by atoms with Crippen LogP contribution in [0.1, 0.15) is 50.5 Å². The average Bonchev–Trinajstić information content (AvgIpc) is 2.78. The van der Waals surface area contributed by atoms with Crippen LogP contribution in [0.25, 0.3) is 0 Å². The van der Waals surface area contributed by atoms with Crippen LogP contribution >= 0.6 is 0 Å². The lowest BCUT2D eigenvalue weighted by Gasteiger charge is -2.29. The van der Waals surface area contributed by atoms with Gasteiger partial charge in [-0.1, -0.05) is 25.3 Å². The number of rotatable bonds is 11. The molecule has 0 bridgehead atoms. The molecule has 2 heterocycles. The largest absolute Gasteiger partial charge is 0.493 e. The third kappa shape index (κ3) is 8.87. The Morgan fingerprint density at radius 1 is 1.00 bits per heavy atom. The summed E-state index contributed by atoms with van der Waals surface area (Å²) in [5.74, 6) is 1.38. The van der Waals surface area contributed by atoms with Gasteiger partial charge in [0.25, 0.3) is 0 Å². The molecule has 0 saturated carbocycles. The van der Waals surface area contributed by atoms with Gasteiger partial charge in [0.05, 0.1) is 13.2 Å². The molecule has 2 saturated heterocycles. The van der Waals surface area contributed by atoms with Gasteiger partial charge in [-0.3, -0.25) is 0 Å². The van der Waals surface area contributed by atoms with Crippen molar-refractivity contribution in [3.63, 3.8) is 0 Å². The zero-order valence-corrected chi connectivity index (χ0v) is 19.8. The standard InChI is InChI=1S/C25H43N3O4/c1-31-24-8-7-21(18-26-11-16-27-14-9-22(29)10-15-27)17-25(24)32-20-23(30)19-28-12-5-3-2-4-6-13-28/h7-8,17,22-23,26,29-30H,2-6,9-16,18-20H2,1H3/t23-/m0/s1. The molecule has 182 valence electrons. The van der Waals surface area contributed by atoms with Crippen molar-refractivity contribution in [1.82, 2.24) is 15.1 Å². The molecular formula is C25H43N3O4. The van der Waals surface area contributed by atoms with Gasteiger partial charge < -0.3 is 34.8 Å². The van der Waals surface area contributed by atoms with E-state index in [1.165, 1.54) is 32.1 Å². The molecule has 1 atom stereocenters. The highest BCUT2D eigenvalue weighted by Crippen LogP contribution is 2.28. The molecule has 7 heteroatoms. The fourth-order valence-corrected chi connectivity index (χ4v) is 4.59. The molecule has 32 heavy (non-hydrogen) atoms. The van der Waals surface area contributed by atoms with Crippen LogP contribution in [0.2, 0.25) is 0 Å². The Hall–Kier alpha value is -1.38. The lowest BCUT2D eigenvalue weighted by molar-refractivity contribution is 0.0644. The van der Waals surface area contributed by atoms with Gasteiger partial charge >= 0.3 is 0 Å². The molecule has 7 nitrogen and oxygen atoms in total. The van der Waals surface area contributed by atoms with Crippen LogP contribution in [0, 0.1) is 0 Å². The number of likely N-dealkylation sites (tertiary alicyclic amines) is 2. The van der Waals surface area contributed by atoms with Gasteiger partial charge in [-0.25, -0.2) is 0 Å². The van der Waals surface area contributed by atoms with Crippen LogP contribution in [-0.2, 0) is 6.54 Å². The summed E-state index contributed by atoms with van der Waals surface area (Å²) >= 11 is 0. The lowest BCUT2D eigenvalue weighted by Crippen LogP contribution is -2.39. The maximum atomic E-state index is 10.5. The van der Waals surface area contributed by atoms with Gasteiger partial charge in [0.2, 0.25) is 0 Å². The summed E-state index contributed by atoms with van der Waals surface area (Å²) in [5, 5.41) is 23.6. The van der Waals surface area contributed by atoms with E-state index in [1.807, 2.05) is 18.2 Å². The van der Waals surface area contributed by atoms with Crippen molar-refractivity contribution in [3.05, 3.63) is 23.8 Å². The average molecular weight is 450 g/mol. The summed E-state index contributed by atoms with van der Waals surface area (Å²) < 4.78 is 11.4. The van der Waals surface area contributed by atoms with Crippen LogP contribution in [0.5, 0.6) is 11.5 Å². The zero-order valence-electron chi connectivity index (χ0n) is 19.8. The molecule has 0 amide bonds. The van der Waals surface area contributed by atoms with Crippen molar-refractivity contribution in [2.75, 3.05) is 59.5 Å². The number of piperidine rings is 1. The Morgan fingerprint density at radius 3 is 2.44 bits per heavy atom. The van der Waals surface area contributed by atoms with Crippen molar-refractivity contribution < 1.29 is 19.7 Å². The first-order chi connectivity index (χ1) is 15.6. The molecule has 3 rings (SSSR count). The molecule has 0 radical (unpaired) electrons. The molecule has 1 aromatic rings. The van der Waals surface area contributed by atoms with E-state index in [0.29, 0.717) is 18.0 Å². The van der Waals surface area contributed by atoms with E-state index >= 15 is 0 Å². The summed E-state index contributed by atoms with van der Waals surface area (Å²) in [7, 11) is 1.65. The highest BCUT2D eigenvalue weighted by molar-refractivity contribution is 5.43. The van der Waals surface area contributed by atoms with E-state index in [9.17, 15) is 10.2 Å². The number of β-amino-alcohol motifs (C(OH)–C–C–N with tert-alkyl or cyclic N) is 1. The second-order valence-electron chi connectivity index (χ2n) is 9.27. The van der Waals surface area contributed by atoms with Gasteiger partial charge in [-0.2, -0.15) is 0 Å². The highest BCUT2D eigenvalue weighted by atomic mass is 16.5. The predicted molar refractivity (Wildman–Crippen MR) is 127 cm³/mol. The predicted octanol–water partition coefficient (Wildman–Crippen LogP) is 2.25. The lowest BCUT2D eigenvalue weighted by atomic mass is 10.1. The first-order valence-electron chi connectivity index (χ1n) is 12.5. The summed E-state index contributed by atoms with van der Waals surface area (Å²) in [6.45, 7) is 7.68. The quantitative estimate of drug-likeness (QED) is 0.447. The molecule has 3 N–H and O–H groups in total. The molecule has 0 spiro atoms. The molecule has 2 fully saturated rings. The second kappa shape index (κ2) is 14.0. The Kier molecular flexibility index (Phi) is 11.1. The number of hydrogen-bond donors (Lipinski definition) is 3. The van der Waals surface area contributed by atoms with Crippen molar-refractivity contribution in [2.24, 2.45) is 0 Å². The Bertz CT molecular complexity index is 644. The number of hydrogen-bond acceptors (Lipinski definition) is 7. The number of nitrogens with zero attached hydrogens (tertiary/aromatic N) is 2. The van der Waals surface area contributed by atoms with E-state index in [1.54, 1.807) is 7.11 Å². The number of ether oxygens (including phenoxy) is 2. The number of aliphatic hydroxyl groups is 2. The zero-order chi connectivity index (χ0) is 22.6. The first-order valence-corrected chi connectivity index (χ1v) is 12.5. The summed E-state index contributed by atoms with van der Waals surface area (Å²) in [6, 6.07) is 5.99. The minimum absolute atomic E-state index is 0.121. The number of nitrogens with one attached hydrogen (secondary N) is 1. The van der Waals surface area contributed by atoms with E-state index in [4.69, 9.17) is 9.47 Å². The molecule has 0 unspecified atom stereocenters. The van der Waals surface area contributed by atoms with Gasteiger partial charge in [0.15, 0.2) is 11.5 Å². The van der Waals surface area contributed by atoms with Crippen molar-refractivity contribution in [1.29, 1.82) is 0 Å². The topological polar surface area (TPSA) is 77.4 Å². The third-order valence-corrected chi connectivity index (χ3v) is 6.57. The Labute approximate surface area is 193 Å². The van der Waals surface area contributed by atoms with Gasteiger partial charge in [-0.05, 0) is 56.5 Å². The molecular weight excluding hydrogens is 406 g/mol. The second-order valence-corrected chi connectivity index (χ2v) is 9.27. The summed E-state index contributed by atoms with van der Waals surface area (Å²) in [6.07, 6.45) is 7.49. The van der Waals surface area contributed by atoms with E-state index in [0.717, 1.165) is 64.2 Å². The van der Waals surface area contributed by atoms with Crippen LogP contribution in [0.3, 0.4) is 0 Å². The number of aliphatic hydroxyl groups excluding tert-OH is 2. The van der Waals surface area contributed by atoms with E-state index in [2.05, 4.69) is 15.1 Å². The molecule has 0 aromatic heterocycles. The highest BCUT2D eigenvalue weighted by Gasteiger charge is 2.17. The smallest absolute Gasteiger partial charge is 0.161 e. The minimum atomic E-state index is -0.510. The van der Waals surface area contributed by atoms with Gasteiger partial charge in [0, 0.05) is 39.3 Å². The Balaban J connectivity index is 1.41. The SMILES string of the molecule is COc1ccc(CNCCN2CCC(O)CC2)cc1OC[C@@H](O)CN1CCCCCCC1. The number of methoxy groups -OCH3 is 1. The van der Waals surface area contributed by atoms with E-state index < -0.39 is 6.10 Å². The van der Waals surface area contributed by atoms with Crippen molar-refractivity contribution in [2.45, 2.75) is 63.7 Å².